The van der Waals surface area contributed by atoms with Crippen molar-refractivity contribution in [2.24, 2.45) is 0 Å². The number of aryl methyl sites for hydroxylation is 4. The third-order valence-electron chi connectivity index (χ3n) is 14.3. The Balaban J connectivity index is 1.05. The predicted octanol–water partition coefficient (Wildman–Crippen LogP) is 21.0. The molecule has 0 radical (unpaired) electrons. The molecule has 0 aliphatic heterocycles. The zero-order chi connectivity index (χ0) is 44.7. The summed E-state index contributed by atoms with van der Waals surface area (Å²) in [7, 11) is 0. The highest BCUT2D eigenvalue weighted by Gasteiger charge is 2.18. The van der Waals surface area contributed by atoms with Crippen LogP contribution in [0.5, 0.6) is 0 Å². The van der Waals surface area contributed by atoms with Crippen LogP contribution in [-0.2, 0) is 12.8 Å². The van der Waals surface area contributed by atoms with E-state index >= 15 is 0 Å². The van der Waals surface area contributed by atoms with Crippen LogP contribution in [0, 0.1) is 13.8 Å². The van der Waals surface area contributed by atoms with Crippen LogP contribution in [0.4, 0.5) is 0 Å². The first-order valence-corrected chi connectivity index (χ1v) is 27.3. The third-order valence-corrected chi connectivity index (χ3v) is 17.9. The third kappa shape index (κ3) is 8.39. The van der Waals surface area contributed by atoms with Gasteiger partial charge in [0, 0.05) is 51.1 Å². The monoisotopic (exact) mass is 916 g/mol. The first-order valence-electron chi connectivity index (χ1n) is 24.8. The normalized spacial score (nSPS) is 12.2. The van der Waals surface area contributed by atoms with E-state index in [-0.39, 0.29) is 0 Å². The summed E-state index contributed by atoms with van der Waals surface area (Å²) in [6.07, 6.45) is 18.0. The quantitative estimate of drug-likeness (QED) is 0.0830. The molecule has 0 amide bonds. The Morgan fingerprint density at radius 1 is 0.379 bits per heavy atom. The fourth-order valence-electron chi connectivity index (χ4n) is 10.6. The molecule has 4 heteroatoms. The molecular formula is C62H60OS3. The van der Waals surface area contributed by atoms with Crippen molar-refractivity contribution in [2.75, 3.05) is 0 Å². The molecule has 0 saturated carbocycles. The van der Waals surface area contributed by atoms with Gasteiger partial charge in [0.2, 0.25) is 0 Å². The van der Waals surface area contributed by atoms with Crippen molar-refractivity contribution in [3.63, 3.8) is 0 Å². The van der Waals surface area contributed by atoms with Gasteiger partial charge in [-0.2, -0.15) is 0 Å². The van der Waals surface area contributed by atoms with Crippen LogP contribution in [-0.4, -0.2) is 0 Å². The highest BCUT2D eigenvalue weighted by Crippen LogP contribution is 2.47. The van der Waals surface area contributed by atoms with E-state index in [0.717, 1.165) is 24.0 Å². The van der Waals surface area contributed by atoms with Crippen molar-refractivity contribution in [3.05, 3.63) is 144 Å². The predicted molar refractivity (Wildman–Crippen MR) is 295 cm³/mol. The second-order valence-electron chi connectivity index (χ2n) is 19.1. The lowest BCUT2D eigenvalue weighted by atomic mass is 9.87. The van der Waals surface area contributed by atoms with Crippen LogP contribution < -0.4 is 0 Å². The molecule has 0 fully saturated rings. The van der Waals surface area contributed by atoms with Crippen LogP contribution in [0.25, 0.3) is 105 Å². The minimum atomic E-state index is 0.950. The summed E-state index contributed by atoms with van der Waals surface area (Å²) >= 11 is 5.78. The topological polar surface area (TPSA) is 13.1 Å². The molecule has 0 N–H and O–H groups in total. The van der Waals surface area contributed by atoms with Gasteiger partial charge in [-0.3, -0.25) is 0 Å². The maximum Gasteiger partial charge on any atom is 0.136 e. The summed E-state index contributed by atoms with van der Waals surface area (Å²) in [4.78, 5) is 0. The highest BCUT2D eigenvalue weighted by molar-refractivity contribution is 7.36. The fraction of sp³-hybridized carbons (Fsp3) is 0.290. The number of para-hydroxylation sites is 1. The molecule has 0 aliphatic carbocycles. The van der Waals surface area contributed by atoms with Gasteiger partial charge in [-0.1, -0.05) is 139 Å². The number of thiophene rings is 3. The number of fused-ring (bicyclic) bond motifs is 11. The SMILES string of the molecule is CCCCCCCCc1cc(-c2cc(-c3ccc4c(c3)sc3c5ccc(C)cc5sc43)cc(-c3ccc4sc5cc6oc7ccccc7c6cc5c4c3)c2)c(CCCCCCCC)cc1C. The Hall–Kier alpha value is -5.26. The van der Waals surface area contributed by atoms with E-state index in [1.165, 1.54) is 193 Å². The van der Waals surface area contributed by atoms with Gasteiger partial charge in [0.25, 0.3) is 0 Å². The summed E-state index contributed by atoms with van der Waals surface area (Å²) < 4.78 is 14.5. The Labute approximate surface area is 402 Å². The molecule has 11 rings (SSSR count). The van der Waals surface area contributed by atoms with Crippen LogP contribution in [0.15, 0.2) is 126 Å². The molecule has 4 aromatic heterocycles. The molecule has 7 aromatic carbocycles. The fourth-order valence-corrected chi connectivity index (χ4v) is 14.5. The van der Waals surface area contributed by atoms with Crippen LogP contribution >= 0.6 is 34.0 Å². The lowest BCUT2D eigenvalue weighted by Crippen LogP contribution is -1.99. The minimum Gasteiger partial charge on any atom is -0.456 e. The molecule has 4 heterocycles. The second-order valence-corrected chi connectivity index (χ2v) is 22.3. The van der Waals surface area contributed by atoms with E-state index in [1.54, 1.807) is 0 Å². The standard InChI is InChI=1S/C62H60OS3/c1-5-7-9-11-13-15-19-41-34-51(44(30-40(41)4)20-16-14-12-10-8-6-2)47-32-45(31-46(33-47)43-24-27-50-59(36-43)66-61-49-26-23-39(3)29-58(49)65-62(50)61)42-25-28-57-53(35-42)54-37-52-48-21-17-18-22-55(48)63-56(52)38-60(54)64-57/h17-18,21-38H,5-16,19-20H2,1-4H3. The molecule has 11 aromatic rings. The smallest absolute Gasteiger partial charge is 0.136 e. The van der Waals surface area contributed by atoms with Crippen molar-refractivity contribution in [1.29, 1.82) is 0 Å². The Morgan fingerprint density at radius 2 is 0.985 bits per heavy atom. The summed E-state index contributed by atoms with van der Waals surface area (Å²) in [5.41, 5.74) is 15.6. The van der Waals surface area contributed by atoms with Gasteiger partial charge in [-0.05, 0) is 156 Å². The number of hydrogen-bond acceptors (Lipinski definition) is 4. The first kappa shape index (κ1) is 43.3. The molecule has 0 aliphatic rings. The lowest BCUT2D eigenvalue weighted by Gasteiger charge is -2.18. The number of hydrogen-bond donors (Lipinski definition) is 0. The molecule has 1 nitrogen and oxygen atoms in total. The van der Waals surface area contributed by atoms with E-state index < -0.39 is 0 Å². The molecule has 332 valence electrons. The van der Waals surface area contributed by atoms with Crippen LogP contribution in [0.2, 0.25) is 0 Å². The van der Waals surface area contributed by atoms with E-state index in [4.69, 9.17) is 4.42 Å². The van der Waals surface area contributed by atoms with Gasteiger partial charge in [0.15, 0.2) is 0 Å². The molecule has 0 saturated heterocycles. The zero-order valence-electron chi connectivity index (χ0n) is 39.1. The summed E-state index contributed by atoms with van der Waals surface area (Å²) in [6.45, 7) is 9.19. The Bertz CT molecular complexity index is 3550. The highest BCUT2D eigenvalue weighted by atomic mass is 32.1. The average Bonchev–Trinajstić information content (AvgIpc) is 4.08. The van der Waals surface area contributed by atoms with Crippen molar-refractivity contribution >= 4 is 106 Å². The molecular weight excluding hydrogens is 857 g/mol. The van der Waals surface area contributed by atoms with Crippen molar-refractivity contribution in [3.8, 4) is 33.4 Å². The van der Waals surface area contributed by atoms with E-state index in [1.807, 2.05) is 34.0 Å². The van der Waals surface area contributed by atoms with Gasteiger partial charge in [0.1, 0.15) is 11.2 Å². The molecule has 66 heavy (non-hydrogen) atoms. The number of unbranched alkanes of at least 4 members (excludes halogenated alkanes) is 10. The van der Waals surface area contributed by atoms with Crippen molar-refractivity contribution < 1.29 is 4.42 Å². The Kier molecular flexibility index (Phi) is 12.3. The largest absolute Gasteiger partial charge is 0.456 e. The van der Waals surface area contributed by atoms with Gasteiger partial charge in [-0.15, -0.1) is 34.0 Å². The van der Waals surface area contributed by atoms with Crippen molar-refractivity contribution in [2.45, 2.75) is 118 Å². The average molecular weight is 917 g/mol. The second kappa shape index (κ2) is 18.8. The molecule has 0 bridgehead atoms. The minimum absolute atomic E-state index is 0.950. The molecule has 0 atom stereocenters. The van der Waals surface area contributed by atoms with E-state index in [0.29, 0.717) is 0 Å². The zero-order valence-corrected chi connectivity index (χ0v) is 41.5. The van der Waals surface area contributed by atoms with Gasteiger partial charge >= 0.3 is 0 Å². The van der Waals surface area contributed by atoms with Gasteiger partial charge in [0.05, 0.1) is 9.40 Å². The molecule has 0 unspecified atom stereocenters. The van der Waals surface area contributed by atoms with E-state index in [9.17, 15) is 0 Å². The van der Waals surface area contributed by atoms with Gasteiger partial charge < -0.3 is 4.42 Å². The maximum absolute atomic E-state index is 6.34. The summed E-state index contributed by atoms with van der Waals surface area (Å²) in [5, 5.41) is 7.75. The number of rotatable bonds is 17. The lowest BCUT2D eigenvalue weighted by molar-refractivity contribution is 0.605. The summed E-state index contributed by atoms with van der Waals surface area (Å²) in [6, 6.07) is 47.1. The number of benzene rings is 7. The van der Waals surface area contributed by atoms with Crippen molar-refractivity contribution in [1.82, 2.24) is 0 Å². The maximum atomic E-state index is 6.34. The molecule has 0 spiro atoms. The van der Waals surface area contributed by atoms with Crippen LogP contribution in [0.3, 0.4) is 0 Å². The van der Waals surface area contributed by atoms with Crippen LogP contribution in [0.1, 0.15) is 113 Å². The summed E-state index contributed by atoms with van der Waals surface area (Å²) in [5.74, 6) is 0. The first-order chi connectivity index (χ1) is 32.4. The van der Waals surface area contributed by atoms with Gasteiger partial charge in [-0.25, -0.2) is 0 Å². The number of furan rings is 1. The Morgan fingerprint density at radius 3 is 1.74 bits per heavy atom. The van der Waals surface area contributed by atoms with E-state index in [2.05, 4.69) is 149 Å².